The lowest BCUT2D eigenvalue weighted by Gasteiger charge is -2.17. The lowest BCUT2D eigenvalue weighted by atomic mass is 10.1. The molecule has 0 aliphatic carbocycles. The van der Waals surface area contributed by atoms with Crippen molar-refractivity contribution in [2.24, 2.45) is 0 Å². The molecule has 0 saturated heterocycles. The minimum absolute atomic E-state index is 0.231. The highest BCUT2D eigenvalue weighted by Crippen LogP contribution is 2.26. The molecule has 1 aromatic carbocycles. The van der Waals surface area contributed by atoms with Gasteiger partial charge in [0.05, 0.1) is 10.9 Å². The van der Waals surface area contributed by atoms with Crippen molar-refractivity contribution in [3.63, 3.8) is 0 Å². The Balaban J connectivity index is 2.39. The van der Waals surface area contributed by atoms with E-state index in [1.54, 1.807) is 25.3 Å². The number of aryl methyl sites for hydroxylation is 1. The number of rotatable bonds is 5. The number of aromatic nitrogens is 1. The first-order chi connectivity index (χ1) is 9.85. The number of hydrogen-bond donors (Lipinski definition) is 2. The molecule has 0 fully saturated rings. The Hall–Kier alpha value is -1.44. The van der Waals surface area contributed by atoms with Crippen molar-refractivity contribution >= 4 is 27.0 Å². The number of anilines is 1. The summed E-state index contributed by atoms with van der Waals surface area (Å²) in [5, 5.41) is 2.60. The summed E-state index contributed by atoms with van der Waals surface area (Å²) in [4.78, 5) is 4.42. The normalized spacial score (nSPS) is 13.3. The summed E-state index contributed by atoms with van der Waals surface area (Å²) >= 11 is 1.44. The minimum atomic E-state index is -3.64. The maximum Gasteiger partial charge on any atom is 0.241 e. The fourth-order valence-corrected chi connectivity index (χ4v) is 4.59. The zero-order chi connectivity index (χ0) is 15.6. The predicted octanol–water partition coefficient (Wildman–Crippen LogP) is 2.77. The van der Waals surface area contributed by atoms with E-state index in [4.69, 9.17) is 5.73 Å². The number of hydrogen-bond acceptors (Lipinski definition) is 5. The molecule has 0 bridgehead atoms. The molecule has 5 nitrogen and oxygen atoms in total. The van der Waals surface area contributed by atoms with Crippen LogP contribution >= 0.6 is 11.3 Å². The summed E-state index contributed by atoms with van der Waals surface area (Å²) in [5.74, 6) is 0. The molecule has 0 aliphatic rings. The third-order valence-corrected chi connectivity index (χ3v) is 5.78. The molecule has 3 N–H and O–H groups in total. The van der Waals surface area contributed by atoms with Crippen LogP contribution < -0.4 is 10.5 Å². The summed E-state index contributed by atoms with van der Waals surface area (Å²) in [7, 11) is -3.64. The third kappa shape index (κ3) is 3.42. The summed E-state index contributed by atoms with van der Waals surface area (Å²) in [6, 6.07) is 3.09. The fraction of sp³-hybridized carbons (Fsp3) is 0.357. The van der Waals surface area contributed by atoms with E-state index >= 15 is 0 Å². The summed E-state index contributed by atoms with van der Waals surface area (Å²) in [6.07, 6.45) is 2.31. The molecule has 0 saturated carbocycles. The highest BCUT2D eigenvalue weighted by Gasteiger charge is 2.24. The molecule has 1 unspecified atom stereocenters. The Kier molecular flexibility index (Phi) is 4.65. The van der Waals surface area contributed by atoms with E-state index < -0.39 is 10.0 Å². The Labute approximate surface area is 129 Å². The fourth-order valence-electron chi connectivity index (χ4n) is 2.10. The number of nitrogens with two attached hydrogens (primary N) is 1. The average molecular weight is 325 g/mol. The highest BCUT2D eigenvalue weighted by molar-refractivity contribution is 7.89. The number of thiazole rings is 1. The SMILES string of the molecule is CCC(NS(=O)(=O)c1cc(C)cc(N)c1C)c1nccs1. The van der Waals surface area contributed by atoms with Crippen LogP contribution in [0.5, 0.6) is 0 Å². The number of nitrogen functional groups attached to an aromatic ring is 1. The van der Waals surface area contributed by atoms with Gasteiger partial charge in [-0.1, -0.05) is 6.92 Å². The number of benzene rings is 1. The van der Waals surface area contributed by atoms with Gasteiger partial charge in [0.25, 0.3) is 0 Å². The van der Waals surface area contributed by atoms with Crippen molar-refractivity contribution < 1.29 is 8.42 Å². The van der Waals surface area contributed by atoms with Crippen molar-refractivity contribution in [3.8, 4) is 0 Å². The molecular weight excluding hydrogens is 306 g/mol. The van der Waals surface area contributed by atoms with Crippen LogP contribution in [0, 0.1) is 13.8 Å². The zero-order valence-electron chi connectivity index (χ0n) is 12.3. The van der Waals surface area contributed by atoms with Gasteiger partial charge in [-0.15, -0.1) is 11.3 Å². The Morgan fingerprint density at radius 1 is 1.38 bits per heavy atom. The maximum atomic E-state index is 12.6. The molecule has 0 radical (unpaired) electrons. The van der Waals surface area contributed by atoms with Crippen molar-refractivity contribution in [2.75, 3.05) is 5.73 Å². The molecular formula is C14H19N3O2S2. The summed E-state index contributed by atoms with van der Waals surface area (Å²) < 4.78 is 28.0. The Morgan fingerprint density at radius 2 is 2.10 bits per heavy atom. The summed E-state index contributed by atoms with van der Waals surface area (Å²) in [6.45, 7) is 5.46. The standard InChI is InChI=1S/C14H19N3O2S2/c1-4-12(14-16-5-6-20-14)17-21(18,19)13-8-9(2)7-11(15)10(13)3/h5-8,12,17H,4,15H2,1-3H3. The van der Waals surface area contributed by atoms with Gasteiger partial charge in [0, 0.05) is 17.3 Å². The lowest BCUT2D eigenvalue weighted by Crippen LogP contribution is -2.29. The predicted molar refractivity (Wildman–Crippen MR) is 85.8 cm³/mol. The second-order valence-electron chi connectivity index (χ2n) is 4.93. The van der Waals surface area contributed by atoms with Crippen molar-refractivity contribution in [1.82, 2.24) is 9.71 Å². The maximum absolute atomic E-state index is 12.6. The number of nitrogens with one attached hydrogen (secondary N) is 1. The lowest BCUT2D eigenvalue weighted by molar-refractivity contribution is 0.548. The van der Waals surface area contributed by atoms with Gasteiger partial charge in [-0.25, -0.2) is 18.1 Å². The van der Waals surface area contributed by atoms with Gasteiger partial charge >= 0.3 is 0 Å². The number of sulfonamides is 1. The van der Waals surface area contributed by atoms with Crippen molar-refractivity contribution in [3.05, 3.63) is 39.8 Å². The van der Waals surface area contributed by atoms with Crippen LogP contribution in [0.3, 0.4) is 0 Å². The highest BCUT2D eigenvalue weighted by atomic mass is 32.2. The van der Waals surface area contributed by atoms with E-state index in [1.165, 1.54) is 11.3 Å². The van der Waals surface area contributed by atoms with E-state index in [0.717, 1.165) is 10.6 Å². The quantitative estimate of drug-likeness (QED) is 0.828. The van der Waals surface area contributed by atoms with Gasteiger partial charge in [0.1, 0.15) is 5.01 Å². The molecule has 1 heterocycles. The first-order valence-electron chi connectivity index (χ1n) is 6.63. The van der Waals surface area contributed by atoms with Gasteiger partial charge in [-0.3, -0.25) is 0 Å². The van der Waals surface area contributed by atoms with Gasteiger partial charge in [-0.2, -0.15) is 0 Å². The summed E-state index contributed by atoms with van der Waals surface area (Å²) in [5.41, 5.74) is 7.75. The molecule has 0 spiro atoms. The minimum Gasteiger partial charge on any atom is -0.398 e. The molecule has 2 aromatic rings. The molecule has 1 aromatic heterocycles. The largest absolute Gasteiger partial charge is 0.398 e. The molecule has 2 rings (SSSR count). The molecule has 0 amide bonds. The van der Waals surface area contributed by atoms with Crippen LogP contribution in [-0.2, 0) is 10.0 Å². The van der Waals surface area contributed by atoms with Crippen LogP contribution in [-0.4, -0.2) is 13.4 Å². The second-order valence-corrected chi connectivity index (χ2v) is 7.54. The van der Waals surface area contributed by atoms with Gasteiger partial charge in [0.15, 0.2) is 0 Å². The molecule has 114 valence electrons. The van der Waals surface area contributed by atoms with Gasteiger partial charge in [0.2, 0.25) is 10.0 Å². The number of nitrogens with zero attached hydrogens (tertiary/aromatic N) is 1. The first-order valence-corrected chi connectivity index (χ1v) is 9.00. The van der Waals surface area contributed by atoms with E-state index in [0.29, 0.717) is 17.7 Å². The molecule has 1 atom stereocenters. The van der Waals surface area contributed by atoms with Crippen molar-refractivity contribution in [2.45, 2.75) is 38.1 Å². The van der Waals surface area contributed by atoms with Crippen LogP contribution in [0.1, 0.15) is 35.5 Å². The molecule has 7 heteroatoms. The third-order valence-electron chi connectivity index (χ3n) is 3.29. The first kappa shape index (κ1) is 15.9. The van der Waals surface area contributed by atoms with E-state index in [2.05, 4.69) is 9.71 Å². The average Bonchev–Trinajstić information content (AvgIpc) is 2.94. The van der Waals surface area contributed by atoms with Crippen LogP contribution in [0.4, 0.5) is 5.69 Å². The zero-order valence-corrected chi connectivity index (χ0v) is 13.9. The Bertz CT molecular complexity index is 725. The van der Waals surface area contributed by atoms with Gasteiger partial charge < -0.3 is 5.73 Å². The van der Waals surface area contributed by atoms with Crippen molar-refractivity contribution in [1.29, 1.82) is 0 Å². The smallest absolute Gasteiger partial charge is 0.241 e. The van der Waals surface area contributed by atoms with E-state index in [9.17, 15) is 8.42 Å². The van der Waals surface area contributed by atoms with Crippen LogP contribution in [0.2, 0.25) is 0 Å². The topological polar surface area (TPSA) is 85.1 Å². The van der Waals surface area contributed by atoms with Crippen LogP contribution in [0.25, 0.3) is 0 Å². The van der Waals surface area contributed by atoms with E-state index in [-0.39, 0.29) is 10.9 Å². The molecule has 21 heavy (non-hydrogen) atoms. The Morgan fingerprint density at radius 3 is 2.67 bits per heavy atom. The van der Waals surface area contributed by atoms with Gasteiger partial charge in [-0.05, 0) is 43.5 Å². The second kappa shape index (κ2) is 6.13. The van der Waals surface area contributed by atoms with E-state index in [1.807, 2.05) is 19.2 Å². The van der Waals surface area contributed by atoms with Crippen LogP contribution in [0.15, 0.2) is 28.6 Å². The molecule has 0 aliphatic heterocycles. The monoisotopic (exact) mass is 325 g/mol.